The molecule has 86 valence electrons. The Hall–Kier alpha value is -1.03. The van der Waals surface area contributed by atoms with Crippen LogP contribution >= 0.6 is 15.9 Å². The van der Waals surface area contributed by atoms with E-state index in [-0.39, 0.29) is 11.3 Å². The number of ether oxygens (including phenoxy) is 1. The van der Waals surface area contributed by atoms with E-state index >= 15 is 0 Å². The summed E-state index contributed by atoms with van der Waals surface area (Å²) >= 11 is 3.41. The molecule has 1 fully saturated rings. The quantitative estimate of drug-likeness (QED) is 0.929. The van der Waals surface area contributed by atoms with Crippen molar-refractivity contribution in [3.05, 3.63) is 28.2 Å². The molecule has 1 aliphatic carbocycles. The minimum atomic E-state index is -0.713. The summed E-state index contributed by atoms with van der Waals surface area (Å²) in [4.78, 5) is 10.9. The second kappa shape index (κ2) is 3.77. The van der Waals surface area contributed by atoms with Crippen molar-refractivity contribution in [3.63, 3.8) is 0 Å². The van der Waals surface area contributed by atoms with Crippen LogP contribution in [0.25, 0.3) is 0 Å². The van der Waals surface area contributed by atoms with Crippen molar-refractivity contribution >= 4 is 21.9 Å². The third kappa shape index (κ3) is 1.71. The van der Waals surface area contributed by atoms with Crippen molar-refractivity contribution in [1.29, 1.82) is 0 Å². The van der Waals surface area contributed by atoms with E-state index < -0.39 is 5.97 Å². The first-order chi connectivity index (χ1) is 7.49. The lowest BCUT2D eigenvalue weighted by Crippen LogP contribution is -2.11. The lowest BCUT2D eigenvalue weighted by molar-refractivity contribution is -0.138. The predicted molar refractivity (Wildman–Crippen MR) is 63.8 cm³/mol. The monoisotopic (exact) mass is 284 g/mol. The lowest BCUT2D eigenvalue weighted by atomic mass is 9.95. The van der Waals surface area contributed by atoms with Crippen LogP contribution < -0.4 is 4.74 Å². The van der Waals surface area contributed by atoms with E-state index in [1.165, 1.54) is 0 Å². The summed E-state index contributed by atoms with van der Waals surface area (Å²) in [5.74, 6) is -0.206. The van der Waals surface area contributed by atoms with E-state index in [1.807, 2.05) is 25.1 Å². The molecule has 0 heterocycles. The fraction of sp³-hybridized carbons (Fsp3) is 0.417. The van der Waals surface area contributed by atoms with E-state index in [1.54, 1.807) is 7.11 Å². The second-order valence-electron chi connectivity index (χ2n) is 4.36. The Balaban J connectivity index is 2.30. The zero-order chi connectivity index (χ0) is 11.9. The Morgan fingerprint density at radius 3 is 2.75 bits per heavy atom. The third-order valence-corrected chi connectivity index (χ3v) is 3.97. The number of hydrogen-bond donors (Lipinski definition) is 1. The van der Waals surface area contributed by atoms with Crippen LogP contribution in [-0.2, 0) is 10.2 Å². The van der Waals surface area contributed by atoms with Gasteiger partial charge < -0.3 is 9.84 Å². The van der Waals surface area contributed by atoms with Crippen LogP contribution in [0.2, 0.25) is 0 Å². The second-order valence-corrected chi connectivity index (χ2v) is 5.22. The maximum atomic E-state index is 10.9. The number of hydrogen-bond acceptors (Lipinski definition) is 2. The molecule has 1 N–H and O–H groups in total. The average Bonchev–Trinajstić information content (AvgIpc) is 2.92. The van der Waals surface area contributed by atoms with Crippen LogP contribution in [0, 0.1) is 5.92 Å². The van der Waals surface area contributed by atoms with Gasteiger partial charge in [0.15, 0.2) is 0 Å². The highest BCUT2D eigenvalue weighted by Crippen LogP contribution is 2.54. The summed E-state index contributed by atoms with van der Waals surface area (Å²) < 4.78 is 6.01. The van der Waals surface area contributed by atoms with Crippen LogP contribution in [-0.4, -0.2) is 18.2 Å². The summed E-state index contributed by atoms with van der Waals surface area (Å²) in [5, 5.41) is 8.98. The summed E-state index contributed by atoms with van der Waals surface area (Å²) in [6, 6.07) is 5.75. The third-order valence-electron chi connectivity index (χ3n) is 3.35. The highest BCUT2D eigenvalue weighted by molar-refractivity contribution is 9.10. The van der Waals surface area contributed by atoms with Crippen LogP contribution in [0.15, 0.2) is 22.7 Å². The van der Waals surface area contributed by atoms with Gasteiger partial charge in [-0.1, -0.05) is 13.0 Å². The molecule has 0 saturated heterocycles. The van der Waals surface area contributed by atoms with Gasteiger partial charge in [-0.2, -0.15) is 0 Å². The highest BCUT2D eigenvalue weighted by Gasteiger charge is 2.55. The fourth-order valence-electron chi connectivity index (χ4n) is 2.07. The van der Waals surface area contributed by atoms with Gasteiger partial charge in [-0.3, -0.25) is 4.79 Å². The largest absolute Gasteiger partial charge is 0.496 e. The molecule has 0 aromatic heterocycles. The SMILES string of the molecule is COc1ccc(C2(C)CC2C(=O)O)cc1Br. The van der Waals surface area contributed by atoms with Gasteiger partial charge >= 0.3 is 5.97 Å². The average molecular weight is 285 g/mol. The Bertz CT molecular complexity index is 444. The first-order valence-electron chi connectivity index (χ1n) is 5.06. The smallest absolute Gasteiger partial charge is 0.307 e. The maximum absolute atomic E-state index is 10.9. The summed E-state index contributed by atoms with van der Waals surface area (Å²) in [5.41, 5.74) is 0.827. The standard InChI is InChI=1S/C12H13BrO3/c1-12(6-8(12)11(14)15)7-3-4-10(16-2)9(13)5-7/h3-5,8H,6H2,1-2H3,(H,14,15). The minimum Gasteiger partial charge on any atom is -0.496 e. The zero-order valence-electron chi connectivity index (χ0n) is 9.16. The summed E-state index contributed by atoms with van der Waals surface area (Å²) in [6.07, 6.45) is 0.709. The molecule has 0 radical (unpaired) electrons. The van der Waals surface area contributed by atoms with Gasteiger partial charge in [-0.15, -0.1) is 0 Å². The van der Waals surface area contributed by atoms with Crippen molar-refractivity contribution in [2.75, 3.05) is 7.11 Å². The molecule has 3 nitrogen and oxygen atoms in total. The summed E-state index contributed by atoms with van der Waals surface area (Å²) in [6.45, 7) is 1.99. The Kier molecular flexibility index (Phi) is 2.70. The molecule has 0 amide bonds. The molecule has 2 rings (SSSR count). The number of carboxylic acids is 1. The molecule has 2 atom stereocenters. The van der Waals surface area contributed by atoms with Crippen LogP contribution in [0.5, 0.6) is 5.75 Å². The molecule has 16 heavy (non-hydrogen) atoms. The minimum absolute atomic E-state index is 0.222. The van der Waals surface area contributed by atoms with Crippen LogP contribution in [0.1, 0.15) is 18.9 Å². The molecule has 2 unspecified atom stereocenters. The fourth-order valence-corrected chi connectivity index (χ4v) is 2.61. The van der Waals surface area contributed by atoms with E-state index in [4.69, 9.17) is 9.84 Å². The number of benzene rings is 1. The van der Waals surface area contributed by atoms with Gasteiger partial charge in [0.2, 0.25) is 0 Å². The number of rotatable bonds is 3. The number of halogens is 1. The van der Waals surface area contributed by atoms with Crippen molar-refractivity contribution in [1.82, 2.24) is 0 Å². The number of methoxy groups -OCH3 is 1. The number of carbonyl (C=O) groups is 1. The van der Waals surface area contributed by atoms with Crippen LogP contribution in [0.3, 0.4) is 0 Å². The normalized spacial score (nSPS) is 27.6. The van der Waals surface area contributed by atoms with E-state index in [2.05, 4.69) is 15.9 Å². The van der Waals surface area contributed by atoms with Gasteiger partial charge in [0.1, 0.15) is 5.75 Å². The maximum Gasteiger partial charge on any atom is 0.307 e. The number of aliphatic carboxylic acids is 1. The summed E-state index contributed by atoms with van der Waals surface area (Å²) in [7, 11) is 1.61. The molecule has 4 heteroatoms. The first-order valence-corrected chi connectivity index (χ1v) is 5.85. The van der Waals surface area contributed by atoms with Gasteiger partial charge in [0.05, 0.1) is 17.5 Å². The van der Waals surface area contributed by atoms with Gasteiger partial charge in [0, 0.05) is 5.41 Å². The molecule has 0 bridgehead atoms. The Labute approximate surface area is 103 Å². The molecule has 0 aliphatic heterocycles. The first kappa shape index (κ1) is 11.5. The van der Waals surface area contributed by atoms with Crippen molar-refractivity contribution in [3.8, 4) is 5.75 Å². The van der Waals surface area contributed by atoms with Crippen LogP contribution in [0.4, 0.5) is 0 Å². The van der Waals surface area contributed by atoms with E-state index in [0.717, 1.165) is 15.8 Å². The zero-order valence-corrected chi connectivity index (χ0v) is 10.7. The Morgan fingerprint density at radius 1 is 1.62 bits per heavy atom. The Morgan fingerprint density at radius 2 is 2.31 bits per heavy atom. The molecule has 1 saturated carbocycles. The molecular formula is C12H13BrO3. The van der Waals surface area contributed by atoms with Gasteiger partial charge in [0.25, 0.3) is 0 Å². The molecule has 1 aromatic rings. The van der Waals surface area contributed by atoms with Crippen molar-refractivity contribution in [2.45, 2.75) is 18.8 Å². The predicted octanol–water partition coefficient (Wildman–Crippen LogP) is 2.82. The number of carboxylic acid groups (broad SMARTS) is 1. The van der Waals surface area contributed by atoms with E-state index in [9.17, 15) is 4.79 Å². The van der Waals surface area contributed by atoms with Crippen molar-refractivity contribution < 1.29 is 14.6 Å². The molecule has 0 spiro atoms. The highest BCUT2D eigenvalue weighted by atomic mass is 79.9. The van der Waals surface area contributed by atoms with Crippen molar-refractivity contribution in [2.24, 2.45) is 5.92 Å². The molecule has 1 aliphatic rings. The van der Waals surface area contributed by atoms with Gasteiger partial charge in [-0.05, 0) is 40.0 Å². The molecular weight excluding hydrogens is 272 g/mol. The van der Waals surface area contributed by atoms with Gasteiger partial charge in [-0.25, -0.2) is 0 Å². The topological polar surface area (TPSA) is 46.5 Å². The lowest BCUT2D eigenvalue weighted by Gasteiger charge is -2.12. The molecule has 1 aromatic carbocycles. The van der Waals surface area contributed by atoms with E-state index in [0.29, 0.717) is 6.42 Å².